The molecule has 0 aliphatic rings. The van der Waals surface area contributed by atoms with Gasteiger partial charge in [0.15, 0.2) is 0 Å². The standard InChI is InChI=1S/C16H30O2/c1-4-7-9-10-12-15(11-8-5-2)13-14-16(17)18-6-3/h13-15H,4-12H2,1-3H3/b14-13+. The summed E-state index contributed by atoms with van der Waals surface area (Å²) in [6.07, 6.45) is 13.7. The van der Waals surface area contributed by atoms with Crippen molar-refractivity contribution < 1.29 is 9.53 Å². The Morgan fingerprint density at radius 1 is 1.00 bits per heavy atom. The number of carbonyl (C=O) groups is 1. The SMILES string of the molecule is CCCCCCC(/C=C/C(=O)OCC)CCCC. The molecular formula is C16H30O2. The highest BCUT2D eigenvalue weighted by molar-refractivity contribution is 5.81. The van der Waals surface area contributed by atoms with Crippen LogP contribution in [0.3, 0.4) is 0 Å². The van der Waals surface area contributed by atoms with Gasteiger partial charge < -0.3 is 4.74 Å². The summed E-state index contributed by atoms with van der Waals surface area (Å²) in [6.45, 7) is 6.74. The van der Waals surface area contributed by atoms with Crippen LogP contribution in [0.5, 0.6) is 0 Å². The molecule has 0 fully saturated rings. The van der Waals surface area contributed by atoms with Gasteiger partial charge in [0.25, 0.3) is 0 Å². The molecule has 0 aromatic rings. The van der Waals surface area contributed by atoms with E-state index in [2.05, 4.69) is 19.9 Å². The fourth-order valence-electron chi connectivity index (χ4n) is 2.04. The van der Waals surface area contributed by atoms with Gasteiger partial charge in [-0.2, -0.15) is 0 Å². The number of unbranched alkanes of at least 4 members (excludes halogenated alkanes) is 4. The van der Waals surface area contributed by atoms with Crippen LogP contribution in [0.15, 0.2) is 12.2 Å². The van der Waals surface area contributed by atoms with Gasteiger partial charge in [-0.25, -0.2) is 4.79 Å². The van der Waals surface area contributed by atoms with Gasteiger partial charge in [0.1, 0.15) is 0 Å². The number of esters is 1. The van der Waals surface area contributed by atoms with Gasteiger partial charge in [-0.1, -0.05) is 58.4 Å². The van der Waals surface area contributed by atoms with Crippen LogP contribution < -0.4 is 0 Å². The number of hydrogen-bond acceptors (Lipinski definition) is 2. The van der Waals surface area contributed by atoms with E-state index >= 15 is 0 Å². The zero-order chi connectivity index (χ0) is 13.6. The summed E-state index contributed by atoms with van der Waals surface area (Å²) >= 11 is 0. The van der Waals surface area contributed by atoms with Crippen molar-refractivity contribution in [1.29, 1.82) is 0 Å². The van der Waals surface area contributed by atoms with Crippen LogP contribution in [0.1, 0.15) is 72.1 Å². The molecule has 0 aliphatic carbocycles. The average Bonchev–Trinajstić information content (AvgIpc) is 2.37. The van der Waals surface area contributed by atoms with Crippen molar-refractivity contribution in [2.24, 2.45) is 5.92 Å². The zero-order valence-electron chi connectivity index (χ0n) is 12.4. The molecule has 2 heteroatoms. The predicted octanol–water partition coefficient (Wildman–Crippen LogP) is 4.88. The number of allylic oxidation sites excluding steroid dienone is 1. The van der Waals surface area contributed by atoms with Crippen LogP contribution >= 0.6 is 0 Å². The first-order chi connectivity index (χ1) is 8.74. The van der Waals surface area contributed by atoms with Crippen molar-refractivity contribution in [2.45, 2.75) is 72.1 Å². The van der Waals surface area contributed by atoms with Gasteiger partial charge in [-0.3, -0.25) is 0 Å². The Morgan fingerprint density at radius 2 is 1.67 bits per heavy atom. The number of ether oxygens (including phenoxy) is 1. The molecule has 0 N–H and O–H groups in total. The second-order valence-corrected chi connectivity index (χ2v) is 4.86. The fraction of sp³-hybridized carbons (Fsp3) is 0.812. The first-order valence-electron chi connectivity index (χ1n) is 7.59. The van der Waals surface area contributed by atoms with E-state index in [-0.39, 0.29) is 5.97 Å². The summed E-state index contributed by atoms with van der Waals surface area (Å²) in [5.41, 5.74) is 0. The lowest BCUT2D eigenvalue weighted by Gasteiger charge is -2.11. The van der Waals surface area contributed by atoms with E-state index in [1.54, 1.807) is 6.08 Å². The highest BCUT2D eigenvalue weighted by Crippen LogP contribution is 2.18. The summed E-state index contributed by atoms with van der Waals surface area (Å²) in [5, 5.41) is 0. The van der Waals surface area contributed by atoms with E-state index in [0.717, 1.165) is 0 Å². The Labute approximate surface area is 113 Å². The Hall–Kier alpha value is -0.790. The maximum atomic E-state index is 11.3. The summed E-state index contributed by atoms with van der Waals surface area (Å²) in [6, 6.07) is 0. The molecule has 0 saturated carbocycles. The average molecular weight is 254 g/mol. The molecule has 1 unspecified atom stereocenters. The Balaban J connectivity index is 4.00. The fourth-order valence-corrected chi connectivity index (χ4v) is 2.04. The summed E-state index contributed by atoms with van der Waals surface area (Å²) < 4.78 is 4.91. The summed E-state index contributed by atoms with van der Waals surface area (Å²) in [5.74, 6) is 0.346. The lowest BCUT2D eigenvalue weighted by molar-refractivity contribution is -0.137. The molecule has 0 aliphatic heterocycles. The van der Waals surface area contributed by atoms with Crippen molar-refractivity contribution >= 4 is 5.97 Å². The second kappa shape index (κ2) is 12.7. The molecule has 0 radical (unpaired) electrons. The number of hydrogen-bond donors (Lipinski definition) is 0. The third-order valence-corrected chi connectivity index (χ3v) is 3.15. The minimum Gasteiger partial charge on any atom is -0.463 e. The third-order valence-electron chi connectivity index (χ3n) is 3.15. The van der Waals surface area contributed by atoms with E-state index in [4.69, 9.17) is 4.74 Å². The number of rotatable bonds is 11. The summed E-state index contributed by atoms with van der Waals surface area (Å²) in [7, 11) is 0. The normalized spacial score (nSPS) is 12.8. The van der Waals surface area contributed by atoms with Crippen LogP contribution in [0.2, 0.25) is 0 Å². The minimum atomic E-state index is -0.201. The second-order valence-electron chi connectivity index (χ2n) is 4.86. The van der Waals surface area contributed by atoms with Crippen LogP contribution in [0, 0.1) is 5.92 Å². The van der Waals surface area contributed by atoms with Crippen molar-refractivity contribution in [3.63, 3.8) is 0 Å². The Kier molecular flexibility index (Phi) is 12.1. The third kappa shape index (κ3) is 10.4. The molecule has 0 aromatic heterocycles. The van der Waals surface area contributed by atoms with Gasteiger partial charge in [0, 0.05) is 6.08 Å². The molecule has 0 rings (SSSR count). The van der Waals surface area contributed by atoms with Crippen LogP contribution in [0.25, 0.3) is 0 Å². The number of carbonyl (C=O) groups excluding carboxylic acids is 1. The van der Waals surface area contributed by atoms with Gasteiger partial charge >= 0.3 is 5.97 Å². The Bertz CT molecular complexity index is 221. The van der Waals surface area contributed by atoms with Crippen molar-refractivity contribution in [3.8, 4) is 0 Å². The highest BCUT2D eigenvalue weighted by atomic mass is 16.5. The lowest BCUT2D eigenvalue weighted by atomic mass is 9.95. The maximum absolute atomic E-state index is 11.3. The van der Waals surface area contributed by atoms with E-state index in [0.29, 0.717) is 12.5 Å². The van der Waals surface area contributed by atoms with Gasteiger partial charge in [0.05, 0.1) is 6.61 Å². The van der Waals surface area contributed by atoms with E-state index in [1.807, 2.05) is 6.92 Å². The molecule has 0 amide bonds. The maximum Gasteiger partial charge on any atom is 0.330 e. The molecule has 106 valence electrons. The van der Waals surface area contributed by atoms with Crippen LogP contribution in [-0.2, 0) is 9.53 Å². The quantitative estimate of drug-likeness (QED) is 0.298. The molecule has 2 nitrogen and oxygen atoms in total. The molecule has 0 spiro atoms. The van der Waals surface area contributed by atoms with E-state index in [1.165, 1.54) is 51.4 Å². The molecule has 0 saturated heterocycles. The predicted molar refractivity (Wildman–Crippen MR) is 77.5 cm³/mol. The van der Waals surface area contributed by atoms with Crippen molar-refractivity contribution in [1.82, 2.24) is 0 Å². The molecule has 1 atom stereocenters. The molecule has 18 heavy (non-hydrogen) atoms. The van der Waals surface area contributed by atoms with Crippen molar-refractivity contribution in [3.05, 3.63) is 12.2 Å². The minimum absolute atomic E-state index is 0.201. The molecule has 0 heterocycles. The van der Waals surface area contributed by atoms with Crippen molar-refractivity contribution in [2.75, 3.05) is 6.61 Å². The first kappa shape index (κ1) is 17.2. The first-order valence-corrected chi connectivity index (χ1v) is 7.59. The lowest BCUT2D eigenvalue weighted by Crippen LogP contribution is -2.02. The van der Waals surface area contributed by atoms with E-state index < -0.39 is 0 Å². The zero-order valence-corrected chi connectivity index (χ0v) is 12.4. The molecular weight excluding hydrogens is 224 g/mol. The topological polar surface area (TPSA) is 26.3 Å². The van der Waals surface area contributed by atoms with Gasteiger partial charge in [0.2, 0.25) is 0 Å². The largest absolute Gasteiger partial charge is 0.463 e. The molecule has 0 aromatic carbocycles. The highest BCUT2D eigenvalue weighted by Gasteiger charge is 2.05. The summed E-state index contributed by atoms with van der Waals surface area (Å²) in [4.78, 5) is 11.3. The monoisotopic (exact) mass is 254 g/mol. The van der Waals surface area contributed by atoms with Crippen LogP contribution in [-0.4, -0.2) is 12.6 Å². The van der Waals surface area contributed by atoms with Gasteiger partial charge in [-0.15, -0.1) is 0 Å². The smallest absolute Gasteiger partial charge is 0.330 e. The van der Waals surface area contributed by atoms with Crippen LogP contribution in [0.4, 0.5) is 0 Å². The Morgan fingerprint density at radius 3 is 2.28 bits per heavy atom. The van der Waals surface area contributed by atoms with Gasteiger partial charge in [-0.05, 0) is 25.7 Å². The van der Waals surface area contributed by atoms with E-state index in [9.17, 15) is 4.79 Å². The molecule has 0 bridgehead atoms.